The van der Waals surface area contributed by atoms with Crippen molar-refractivity contribution >= 4 is 16.0 Å². The maximum atomic E-state index is 11.6. The maximum Gasteiger partial charge on any atom is 0.318 e. The third kappa shape index (κ3) is 3.63. The van der Waals surface area contributed by atoms with Gasteiger partial charge in [0.05, 0.1) is 4.91 Å². The zero-order chi connectivity index (χ0) is 12.2. The van der Waals surface area contributed by atoms with Gasteiger partial charge in [-0.2, -0.15) is 4.72 Å². The van der Waals surface area contributed by atoms with Crippen molar-refractivity contribution in [3.8, 4) is 0 Å². The highest BCUT2D eigenvalue weighted by molar-refractivity contribution is 7.93. The molecule has 88 valence electrons. The SMILES string of the molecule is CC1=CC=C(S(=O)(=O)NCC(=O)O)C=CC1. The van der Waals surface area contributed by atoms with Crippen LogP contribution in [0.2, 0.25) is 0 Å². The Bertz CT molecular complexity index is 471. The smallest absolute Gasteiger partial charge is 0.318 e. The van der Waals surface area contributed by atoms with Crippen LogP contribution in [0, 0.1) is 0 Å². The zero-order valence-electron chi connectivity index (χ0n) is 8.80. The molecule has 1 aliphatic carbocycles. The summed E-state index contributed by atoms with van der Waals surface area (Å²) in [6.45, 7) is 1.28. The summed E-state index contributed by atoms with van der Waals surface area (Å²) in [6, 6.07) is 0. The third-order valence-electron chi connectivity index (χ3n) is 1.98. The van der Waals surface area contributed by atoms with Gasteiger partial charge in [-0.05, 0) is 25.5 Å². The first-order valence-corrected chi connectivity index (χ1v) is 6.15. The minimum Gasteiger partial charge on any atom is -0.480 e. The van der Waals surface area contributed by atoms with E-state index in [4.69, 9.17) is 5.11 Å². The minimum absolute atomic E-state index is 0.0746. The molecule has 0 aromatic heterocycles. The van der Waals surface area contributed by atoms with E-state index in [9.17, 15) is 13.2 Å². The zero-order valence-corrected chi connectivity index (χ0v) is 9.62. The predicted molar refractivity (Wildman–Crippen MR) is 60.2 cm³/mol. The molecule has 0 radical (unpaired) electrons. The number of nitrogens with one attached hydrogen (secondary N) is 1. The van der Waals surface area contributed by atoms with Crippen LogP contribution in [-0.2, 0) is 14.8 Å². The monoisotopic (exact) mass is 243 g/mol. The third-order valence-corrected chi connectivity index (χ3v) is 3.39. The quantitative estimate of drug-likeness (QED) is 0.764. The Balaban J connectivity index is 2.87. The molecule has 16 heavy (non-hydrogen) atoms. The van der Waals surface area contributed by atoms with E-state index in [0.29, 0.717) is 6.42 Å². The van der Waals surface area contributed by atoms with Gasteiger partial charge in [0.25, 0.3) is 0 Å². The van der Waals surface area contributed by atoms with Crippen molar-refractivity contribution < 1.29 is 18.3 Å². The Morgan fingerprint density at radius 1 is 1.50 bits per heavy atom. The number of carbonyl (C=O) groups is 1. The lowest BCUT2D eigenvalue weighted by Crippen LogP contribution is -2.29. The van der Waals surface area contributed by atoms with Gasteiger partial charge in [0.2, 0.25) is 10.0 Å². The van der Waals surface area contributed by atoms with Crippen LogP contribution in [0.5, 0.6) is 0 Å². The fourth-order valence-electron chi connectivity index (χ4n) is 1.13. The number of hydrogen-bond acceptors (Lipinski definition) is 3. The number of hydrogen-bond donors (Lipinski definition) is 2. The molecule has 6 heteroatoms. The number of sulfonamides is 1. The van der Waals surface area contributed by atoms with Crippen molar-refractivity contribution in [3.05, 3.63) is 34.8 Å². The van der Waals surface area contributed by atoms with Gasteiger partial charge < -0.3 is 5.11 Å². The minimum atomic E-state index is -3.73. The Morgan fingerprint density at radius 3 is 2.81 bits per heavy atom. The number of aliphatic carboxylic acids is 1. The van der Waals surface area contributed by atoms with E-state index in [2.05, 4.69) is 0 Å². The molecule has 5 nitrogen and oxygen atoms in total. The summed E-state index contributed by atoms with van der Waals surface area (Å²) in [5.74, 6) is -1.21. The second-order valence-corrected chi connectivity index (χ2v) is 5.17. The molecule has 0 saturated heterocycles. The fourth-order valence-corrected chi connectivity index (χ4v) is 2.13. The summed E-state index contributed by atoms with van der Waals surface area (Å²) in [4.78, 5) is 10.3. The van der Waals surface area contributed by atoms with Crippen LogP contribution in [-0.4, -0.2) is 26.0 Å². The summed E-state index contributed by atoms with van der Waals surface area (Å²) >= 11 is 0. The van der Waals surface area contributed by atoms with Gasteiger partial charge in [0.15, 0.2) is 0 Å². The van der Waals surface area contributed by atoms with Crippen molar-refractivity contribution in [1.29, 1.82) is 0 Å². The van der Waals surface area contributed by atoms with Crippen LogP contribution in [0.4, 0.5) is 0 Å². The largest absolute Gasteiger partial charge is 0.480 e. The van der Waals surface area contributed by atoms with Crippen LogP contribution in [0.1, 0.15) is 13.3 Å². The van der Waals surface area contributed by atoms with E-state index < -0.39 is 22.5 Å². The van der Waals surface area contributed by atoms with Gasteiger partial charge in [-0.15, -0.1) is 0 Å². The van der Waals surface area contributed by atoms with E-state index in [1.807, 2.05) is 11.6 Å². The molecule has 0 atom stereocenters. The first-order chi connectivity index (χ1) is 7.42. The van der Waals surface area contributed by atoms with Crippen LogP contribution in [0.3, 0.4) is 0 Å². The van der Waals surface area contributed by atoms with Gasteiger partial charge in [-0.1, -0.05) is 17.7 Å². The molecule has 0 heterocycles. The van der Waals surface area contributed by atoms with E-state index in [-0.39, 0.29) is 4.91 Å². The molecule has 1 aliphatic rings. The molecule has 0 saturated carbocycles. The number of carboxylic acids is 1. The van der Waals surface area contributed by atoms with Crippen molar-refractivity contribution in [2.24, 2.45) is 0 Å². The first-order valence-electron chi connectivity index (χ1n) is 4.67. The molecule has 0 fully saturated rings. The second-order valence-electron chi connectivity index (χ2n) is 3.41. The van der Waals surface area contributed by atoms with Crippen molar-refractivity contribution in [2.75, 3.05) is 6.54 Å². The molecule has 2 N–H and O–H groups in total. The molecule has 0 aromatic rings. The topological polar surface area (TPSA) is 83.5 Å². The molecule has 0 aliphatic heterocycles. The van der Waals surface area contributed by atoms with E-state index in [0.717, 1.165) is 5.57 Å². The molecule has 0 spiro atoms. The van der Waals surface area contributed by atoms with Crippen LogP contribution in [0.15, 0.2) is 34.8 Å². The van der Waals surface area contributed by atoms with Gasteiger partial charge in [-0.3, -0.25) is 4.79 Å². The Hall–Kier alpha value is -1.40. The fraction of sp³-hybridized carbons (Fsp3) is 0.300. The lowest BCUT2D eigenvalue weighted by Gasteiger charge is -2.03. The molecule has 0 amide bonds. The molecule has 1 rings (SSSR count). The van der Waals surface area contributed by atoms with E-state index in [1.54, 1.807) is 12.2 Å². The predicted octanol–water partition coefficient (Wildman–Crippen LogP) is 0.781. The Labute approximate surface area is 94.2 Å². The number of allylic oxidation sites excluding steroid dienone is 5. The number of rotatable bonds is 4. The molecular weight excluding hydrogens is 230 g/mol. The summed E-state index contributed by atoms with van der Waals surface area (Å²) in [7, 11) is -3.73. The number of carboxylic acid groups (broad SMARTS) is 1. The van der Waals surface area contributed by atoms with Crippen LogP contribution >= 0.6 is 0 Å². The summed E-state index contributed by atoms with van der Waals surface area (Å²) in [5.41, 5.74) is 1.04. The van der Waals surface area contributed by atoms with Crippen molar-refractivity contribution in [1.82, 2.24) is 4.72 Å². The van der Waals surface area contributed by atoms with Crippen LogP contribution < -0.4 is 4.72 Å². The average Bonchev–Trinajstić information content (AvgIpc) is 2.40. The molecule has 0 bridgehead atoms. The van der Waals surface area contributed by atoms with Gasteiger partial charge in [0, 0.05) is 0 Å². The summed E-state index contributed by atoms with van der Waals surface area (Å²) in [6.07, 6.45) is 7.05. The van der Waals surface area contributed by atoms with Gasteiger partial charge in [-0.25, -0.2) is 8.42 Å². The normalized spacial score (nSPS) is 16.3. The maximum absolute atomic E-state index is 11.6. The molecule has 0 aromatic carbocycles. The van der Waals surface area contributed by atoms with Crippen molar-refractivity contribution in [2.45, 2.75) is 13.3 Å². The summed E-state index contributed by atoms with van der Waals surface area (Å²) in [5, 5.41) is 8.40. The second kappa shape index (κ2) is 5.09. The highest BCUT2D eigenvalue weighted by atomic mass is 32.2. The van der Waals surface area contributed by atoms with Crippen LogP contribution in [0.25, 0.3) is 0 Å². The van der Waals surface area contributed by atoms with Crippen molar-refractivity contribution in [3.63, 3.8) is 0 Å². The summed E-state index contributed by atoms with van der Waals surface area (Å²) < 4.78 is 25.2. The average molecular weight is 243 g/mol. The van der Waals surface area contributed by atoms with E-state index >= 15 is 0 Å². The lowest BCUT2D eigenvalue weighted by atomic mass is 10.2. The first kappa shape index (κ1) is 12.7. The van der Waals surface area contributed by atoms with E-state index in [1.165, 1.54) is 12.2 Å². The van der Waals surface area contributed by atoms with Gasteiger partial charge in [0.1, 0.15) is 6.54 Å². The Kier molecular flexibility index (Phi) is 4.03. The Morgan fingerprint density at radius 2 is 2.19 bits per heavy atom. The highest BCUT2D eigenvalue weighted by Crippen LogP contribution is 2.14. The van der Waals surface area contributed by atoms with Gasteiger partial charge >= 0.3 is 5.97 Å². The standard InChI is InChI=1S/C10H13NO4S/c1-8-3-2-4-9(6-5-8)16(14,15)11-7-10(12)13/h2,4-6,11H,3,7H2,1H3,(H,12,13). The molecular formula is C10H13NO4S. The molecule has 0 unspecified atom stereocenters. The highest BCUT2D eigenvalue weighted by Gasteiger charge is 2.16. The lowest BCUT2D eigenvalue weighted by molar-refractivity contribution is -0.135.